The Kier molecular flexibility index (Phi) is 8.37. The lowest BCUT2D eigenvalue weighted by Crippen LogP contribution is -2.61. The Hall–Kier alpha value is -1.19. The zero-order chi connectivity index (χ0) is 22.5. The summed E-state index contributed by atoms with van der Waals surface area (Å²) in [5.41, 5.74) is 1.08. The predicted molar refractivity (Wildman–Crippen MR) is 114 cm³/mol. The van der Waals surface area contributed by atoms with E-state index in [1.165, 1.54) is 0 Å². The molecular formula is C21H35NO8P+. The van der Waals surface area contributed by atoms with Crippen LogP contribution in [0.3, 0.4) is 0 Å². The van der Waals surface area contributed by atoms with Crippen LogP contribution in [0, 0.1) is 0 Å². The van der Waals surface area contributed by atoms with E-state index in [1.807, 2.05) is 18.2 Å². The van der Waals surface area contributed by atoms with Crippen LogP contribution in [0.15, 0.2) is 18.2 Å². The Morgan fingerprint density at radius 2 is 1.84 bits per heavy atom. The van der Waals surface area contributed by atoms with E-state index in [9.17, 15) is 19.5 Å². The van der Waals surface area contributed by atoms with Gasteiger partial charge in [-0.25, -0.2) is 9.09 Å². The molecular weight excluding hydrogens is 425 g/mol. The minimum absolute atomic E-state index is 0.0421. The summed E-state index contributed by atoms with van der Waals surface area (Å²) in [6, 6.07) is 5.85. The number of aliphatic hydroxyl groups is 1. The van der Waals surface area contributed by atoms with Crippen LogP contribution in [0.4, 0.5) is 0 Å². The lowest BCUT2D eigenvalue weighted by Gasteiger charge is -2.46. The fraction of sp³-hybridized carbons (Fsp3) is 0.714. The minimum atomic E-state index is -4.59. The van der Waals surface area contributed by atoms with Crippen molar-refractivity contribution in [2.24, 2.45) is 0 Å². The summed E-state index contributed by atoms with van der Waals surface area (Å²) in [5.74, 6) is 1.37. The number of benzene rings is 1. The van der Waals surface area contributed by atoms with Gasteiger partial charge in [0.1, 0.15) is 24.8 Å². The summed E-state index contributed by atoms with van der Waals surface area (Å²) in [5, 5.41) is 10.2. The zero-order valence-corrected chi connectivity index (χ0v) is 19.2. The standard InChI is InChI=1S/C21H34NO8P/c1-27-20-8-7-16(13-21(20)28-2)10-12-29-19-6-4-3-5-18(19)22(11-9-17(23)14-22)15-30-31(24,25)26/h7-8,13,17-19,23H,3-6,9-12,14-15H2,1-2H3,(H-,24,25,26)/p+1/t17-,18-,19-,22?/m1/s1. The fourth-order valence-corrected chi connectivity index (χ4v) is 5.36. The Balaban J connectivity index is 1.66. The second-order valence-electron chi connectivity index (χ2n) is 8.52. The molecule has 1 saturated heterocycles. The molecule has 10 heteroatoms. The number of aliphatic hydroxyl groups excluding tert-OH is 1. The van der Waals surface area contributed by atoms with Gasteiger partial charge in [0.2, 0.25) is 0 Å². The molecule has 0 radical (unpaired) electrons. The van der Waals surface area contributed by atoms with Crippen molar-refractivity contribution in [3.05, 3.63) is 23.8 Å². The molecule has 3 rings (SSSR count). The molecule has 9 nitrogen and oxygen atoms in total. The van der Waals surface area contributed by atoms with Gasteiger partial charge in [-0.2, -0.15) is 0 Å². The molecule has 1 aromatic carbocycles. The lowest BCUT2D eigenvalue weighted by atomic mass is 9.89. The monoisotopic (exact) mass is 460 g/mol. The largest absolute Gasteiger partial charge is 0.493 e. The lowest BCUT2D eigenvalue weighted by molar-refractivity contribution is -0.960. The normalized spacial score (nSPS) is 29.1. The van der Waals surface area contributed by atoms with Gasteiger partial charge in [-0.05, 0) is 37.0 Å². The first kappa shape index (κ1) is 24.5. The van der Waals surface area contributed by atoms with E-state index in [-0.39, 0.29) is 18.9 Å². The van der Waals surface area contributed by atoms with Crippen molar-refractivity contribution in [2.75, 3.05) is 40.6 Å². The number of quaternary nitrogens is 1. The highest BCUT2D eigenvalue weighted by Crippen LogP contribution is 2.41. The summed E-state index contributed by atoms with van der Waals surface area (Å²) in [4.78, 5) is 18.5. The fourth-order valence-electron chi connectivity index (χ4n) is 4.98. The molecule has 2 aliphatic rings. The van der Waals surface area contributed by atoms with Crippen molar-refractivity contribution in [2.45, 2.75) is 56.8 Å². The highest BCUT2D eigenvalue weighted by Gasteiger charge is 2.49. The van der Waals surface area contributed by atoms with Crippen LogP contribution in [0.1, 0.15) is 37.7 Å². The highest BCUT2D eigenvalue weighted by molar-refractivity contribution is 7.46. The number of likely N-dealkylation sites (tertiary alicyclic amines) is 1. The van der Waals surface area contributed by atoms with E-state index in [0.29, 0.717) is 48.5 Å². The van der Waals surface area contributed by atoms with Crippen LogP contribution in [-0.2, 0) is 20.2 Å². The number of rotatable bonds is 10. The Labute approximate surface area is 183 Å². The molecule has 31 heavy (non-hydrogen) atoms. The summed E-state index contributed by atoms with van der Waals surface area (Å²) in [7, 11) is -1.37. The predicted octanol–water partition coefficient (Wildman–Crippen LogP) is 2.22. The molecule has 0 amide bonds. The second-order valence-corrected chi connectivity index (χ2v) is 9.76. The van der Waals surface area contributed by atoms with E-state index >= 15 is 0 Å². The molecule has 1 heterocycles. The average molecular weight is 460 g/mol. The Bertz CT molecular complexity index is 772. The summed E-state index contributed by atoms with van der Waals surface area (Å²) in [6.07, 6.45) is 4.64. The maximum atomic E-state index is 11.4. The molecule has 1 aliphatic heterocycles. The number of methoxy groups -OCH3 is 2. The molecule has 4 atom stereocenters. The van der Waals surface area contributed by atoms with E-state index < -0.39 is 13.9 Å². The molecule has 0 spiro atoms. The first-order chi connectivity index (χ1) is 14.8. The molecule has 3 N–H and O–H groups in total. The van der Waals surface area contributed by atoms with Gasteiger partial charge in [0.15, 0.2) is 18.2 Å². The van der Waals surface area contributed by atoms with Crippen LogP contribution < -0.4 is 9.47 Å². The van der Waals surface area contributed by atoms with E-state index in [0.717, 1.165) is 31.2 Å². The number of nitrogens with zero attached hydrogens (tertiary/aromatic N) is 1. The van der Waals surface area contributed by atoms with Gasteiger partial charge in [0.25, 0.3) is 0 Å². The SMILES string of the molecule is COc1ccc(CCO[C@@H]2CCCC[C@H]2[N+]2(COP(=O)(O)O)CC[C@@H](O)C2)cc1OC. The van der Waals surface area contributed by atoms with E-state index in [4.69, 9.17) is 18.7 Å². The number of phosphoric ester groups is 1. The Morgan fingerprint density at radius 1 is 1.10 bits per heavy atom. The van der Waals surface area contributed by atoms with Crippen molar-refractivity contribution >= 4 is 7.82 Å². The average Bonchev–Trinajstić information content (AvgIpc) is 3.14. The maximum absolute atomic E-state index is 11.4. The first-order valence-corrected chi connectivity index (χ1v) is 12.4. The number of phosphoric acid groups is 1. The molecule has 1 aromatic rings. The Morgan fingerprint density at radius 3 is 2.48 bits per heavy atom. The van der Waals surface area contributed by atoms with Crippen LogP contribution >= 0.6 is 7.82 Å². The van der Waals surface area contributed by atoms with Crippen LogP contribution in [-0.4, -0.2) is 78.3 Å². The number of ether oxygens (including phenoxy) is 3. The van der Waals surface area contributed by atoms with E-state index in [2.05, 4.69) is 0 Å². The topological polar surface area (TPSA) is 115 Å². The third kappa shape index (κ3) is 6.42. The summed E-state index contributed by atoms with van der Waals surface area (Å²) in [6.45, 7) is 1.47. The molecule has 1 unspecified atom stereocenters. The quantitative estimate of drug-likeness (QED) is 0.360. The molecule has 2 fully saturated rings. The van der Waals surface area contributed by atoms with Crippen LogP contribution in [0.2, 0.25) is 0 Å². The van der Waals surface area contributed by atoms with Crippen LogP contribution in [0.25, 0.3) is 0 Å². The molecule has 0 bridgehead atoms. The van der Waals surface area contributed by atoms with Gasteiger partial charge >= 0.3 is 7.82 Å². The molecule has 1 aliphatic carbocycles. The second kappa shape index (κ2) is 10.6. The number of hydrogen-bond acceptors (Lipinski definition) is 6. The first-order valence-electron chi connectivity index (χ1n) is 10.8. The van der Waals surface area contributed by atoms with Crippen molar-refractivity contribution in [3.63, 3.8) is 0 Å². The van der Waals surface area contributed by atoms with Crippen molar-refractivity contribution in [1.82, 2.24) is 0 Å². The molecule has 176 valence electrons. The van der Waals surface area contributed by atoms with Gasteiger partial charge in [0.05, 0.1) is 27.4 Å². The van der Waals surface area contributed by atoms with Gasteiger partial charge in [-0.1, -0.05) is 12.5 Å². The summed E-state index contributed by atoms with van der Waals surface area (Å²) >= 11 is 0. The third-order valence-electron chi connectivity index (χ3n) is 6.51. The molecule has 1 saturated carbocycles. The maximum Gasteiger partial charge on any atom is 0.474 e. The summed E-state index contributed by atoms with van der Waals surface area (Å²) < 4.78 is 33.6. The molecule has 0 aromatic heterocycles. The smallest absolute Gasteiger partial charge is 0.474 e. The van der Waals surface area contributed by atoms with Crippen molar-refractivity contribution < 1.29 is 42.7 Å². The van der Waals surface area contributed by atoms with Gasteiger partial charge in [0, 0.05) is 12.8 Å². The van der Waals surface area contributed by atoms with Gasteiger partial charge in [-0.3, -0.25) is 4.48 Å². The van der Waals surface area contributed by atoms with E-state index in [1.54, 1.807) is 14.2 Å². The third-order valence-corrected chi connectivity index (χ3v) is 6.96. The van der Waals surface area contributed by atoms with Crippen molar-refractivity contribution in [3.8, 4) is 11.5 Å². The number of hydrogen-bond donors (Lipinski definition) is 3. The highest BCUT2D eigenvalue weighted by atomic mass is 31.2. The minimum Gasteiger partial charge on any atom is -0.493 e. The van der Waals surface area contributed by atoms with Gasteiger partial charge < -0.3 is 29.1 Å². The zero-order valence-electron chi connectivity index (χ0n) is 18.3. The van der Waals surface area contributed by atoms with Crippen LogP contribution in [0.5, 0.6) is 11.5 Å². The van der Waals surface area contributed by atoms with Gasteiger partial charge in [-0.15, -0.1) is 0 Å². The van der Waals surface area contributed by atoms with Crippen molar-refractivity contribution in [1.29, 1.82) is 0 Å².